The SMILES string of the molecule is C[C@H]1[C@@H](NC(=S)NNC(=O)[C@@H]2Cc3ccccc3O2)CCC[C@@H]1C. The fourth-order valence-electron chi connectivity index (χ4n) is 3.52. The zero-order chi connectivity index (χ0) is 17.1. The van der Waals surface area contributed by atoms with Gasteiger partial charge >= 0.3 is 0 Å². The zero-order valence-corrected chi connectivity index (χ0v) is 15.0. The highest BCUT2D eigenvalue weighted by molar-refractivity contribution is 7.80. The number of fused-ring (bicyclic) bond motifs is 1. The Hall–Kier alpha value is -1.82. The van der Waals surface area contributed by atoms with E-state index in [1.165, 1.54) is 12.8 Å². The van der Waals surface area contributed by atoms with Gasteiger partial charge in [0.15, 0.2) is 11.2 Å². The van der Waals surface area contributed by atoms with Crippen molar-refractivity contribution in [2.45, 2.75) is 51.7 Å². The van der Waals surface area contributed by atoms with Crippen LogP contribution in [0.25, 0.3) is 0 Å². The Morgan fingerprint density at radius 2 is 2.00 bits per heavy atom. The number of thiocarbonyl (C=S) groups is 1. The Bertz CT molecular complexity index is 597. The maximum absolute atomic E-state index is 12.2. The molecule has 0 aromatic heterocycles. The second-order valence-electron chi connectivity index (χ2n) is 6.88. The predicted octanol–water partition coefficient (Wildman–Crippen LogP) is 2.31. The summed E-state index contributed by atoms with van der Waals surface area (Å²) in [6.45, 7) is 4.54. The average Bonchev–Trinajstić information content (AvgIpc) is 3.01. The van der Waals surface area contributed by atoms with E-state index >= 15 is 0 Å². The van der Waals surface area contributed by atoms with Crippen molar-refractivity contribution in [2.24, 2.45) is 11.8 Å². The summed E-state index contributed by atoms with van der Waals surface area (Å²) in [6, 6.07) is 8.08. The Labute approximate surface area is 148 Å². The molecule has 2 aliphatic rings. The Kier molecular flexibility index (Phi) is 5.23. The van der Waals surface area contributed by atoms with Crippen molar-refractivity contribution < 1.29 is 9.53 Å². The van der Waals surface area contributed by atoms with Crippen LogP contribution in [0, 0.1) is 11.8 Å². The molecule has 3 rings (SSSR count). The van der Waals surface area contributed by atoms with Crippen LogP contribution in [0.5, 0.6) is 5.75 Å². The Balaban J connectivity index is 1.44. The van der Waals surface area contributed by atoms with Crippen molar-refractivity contribution in [3.63, 3.8) is 0 Å². The Morgan fingerprint density at radius 3 is 2.79 bits per heavy atom. The van der Waals surface area contributed by atoms with Crippen LogP contribution in [0.1, 0.15) is 38.7 Å². The van der Waals surface area contributed by atoms with Gasteiger partial charge in [0.25, 0.3) is 5.91 Å². The maximum atomic E-state index is 12.2. The van der Waals surface area contributed by atoms with Gasteiger partial charge in [0.1, 0.15) is 5.75 Å². The van der Waals surface area contributed by atoms with Gasteiger partial charge < -0.3 is 10.1 Å². The lowest BCUT2D eigenvalue weighted by molar-refractivity contribution is -0.127. The first kappa shape index (κ1) is 17.0. The summed E-state index contributed by atoms with van der Waals surface area (Å²) in [5, 5.41) is 3.79. The number of ether oxygens (including phenoxy) is 1. The number of carbonyl (C=O) groups is 1. The number of carbonyl (C=O) groups excluding carboxylic acids is 1. The summed E-state index contributed by atoms with van der Waals surface area (Å²) in [5.74, 6) is 1.84. The highest BCUT2D eigenvalue weighted by Gasteiger charge is 2.30. The van der Waals surface area contributed by atoms with Gasteiger partial charge in [-0.2, -0.15) is 0 Å². The van der Waals surface area contributed by atoms with Crippen molar-refractivity contribution in [3.05, 3.63) is 29.8 Å². The second kappa shape index (κ2) is 7.38. The molecule has 4 atom stereocenters. The number of hydrogen-bond donors (Lipinski definition) is 3. The predicted molar refractivity (Wildman–Crippen MR) is 97.5 cm³/mol. The molecule has 1 heterocycles. The largest absolute Gasteiger partial charge is 0.480 e. The molecule has 24 heavy (non-hydrogen) atoms. The third-order valence-electron chi connectivity index (χ3n) is 5.26. The van der Waals surface area contributed by atoms with Gasteiger partial charge in [0.2, 0.25) is 0 Å². The summed E-state index contributed by atoms with van der Waals surface area (Å²) < 4.78 is 5.67. The minimum absolute atomic E-state index is 0.208. The quantitative estimate of drug-likeness (QED) is 0.566. The van der Waals surface area contributed by atoms with Gasteiger partial charge in [-0.1, -0.05) is 44.9 Å². The molecule has 0 bridgehead atoms. The molecule has 1 aromatic rings. The lowest BCUT2D eigenvalue weighted by Crippen LogP contribution is -2.54. The Morgan fingerprint density at radius 1 is 1.21 bits per heavy atom. The molecule has 1 fully saturated rings. The van der Waals surface area contributed by atoms with E-state index in [1.807, 2.05) is 24.3 Å². The monoisotopic (exact) mass is 347 g/mol. The minimum atomic E-state index is -0.508. The molecule has 1 aliphatic carbocycles. The molecular weight excluding hydrogens is 322 g/mol. The second-order valence-corrected chi connectivity index (χ2v) is 7.29. The third kappa shape index (κ3) is 3.80. The van der Waals surface area contributed by atoms with Crippen molar-refractivity contribution >= 4 is 23.2 Å². The number of nitrogens with one attached hydrogen (secondary N) is 3. The normalized spacial score (nSPS) is 28.4. The molecule has 130 valence electrons. The van der Waals surface area contributed by atoms with Crippen LogP contribution in [0.15, 0.2) is 24.3 Å². The van der Waals surface area contributed by atoms with Crippen LogP contribution >= 0.6 is 12.2 Å². The fraction of sp³-hybridized carbons (Fsp3) is 0.556. The van der Waals surface area contributed by atoms with E-state index in [9.17, 15) is 4.79 Å². The summed E-state index contributed by atoms with van der Waals surface area (Å²) in [4.78, 5) is 12.2. The molecule has 1 aromatic carbocycles. The first-order valence-corrected chi connectivity index (χ1v) is 9.06. The van der Waals surface area contributed by atoms with Crippen molar-refractivity contribution in [1.29, 1.82) is 0 Å². The van der Waals surface area contributed by atoms with Crippen LogP contribution in [0.2, 0.25) is 0 Å². The number of para-hydroxylation sites is 1. The number of benzene rings is 1. The van der Waals surface area contributed by atoms with Crippen LogP contribution in [-0.2, 0) is 11.2 Å². The van der Waals surface area contributed by atoms with E-state index < -0.39 is 6.10 Å². The average molecular weight is 347 g/mol. The first-order valence-electron chi connectivity index (χ1n) is 8.65. The van der Waals surface area contributed by atoms with Crippen LogP contribution in [0.3, 0.4) is 0 Å². The molecule has 1 amide bonds. The van der Waals surface area contributed by atoms with Gasteiger partial charge in [0.05, 0.1) is 0 Å². The van der Waals surface area contributed by atoms with E-state index in [0.29, 0.717) is 29.4 Å². The van der Waals surface area contributed by atoms with E-state index in [-0.39, 0.29) is 5.91 Å². The molecule has 0 saturated heterocycles. The van der Waals surface area contributed by atoms with Gasteiger partial charge in [-0.25, -0.2) is 0 Å². The van der Waals surface area contributed by atoms with E-state index in [1.54, 1.807) is 0 Å². The smallest absolute Gasteiger partial charge is 0.279 e. The molecule has 6 heteroatoms. The summed E-state index contributed by atoms with van der Waals surface area (Å²) >= 11 is 5.31. The fourth-order valence-corrected chi connectivity index (χ4v) is 3.72. The van der Waals surface area contributed by atoms with E-state index in [2.05, 4.69) is 30.0 Å². The van der Waals surface area contributed by atoms with Crippen molar-refractivity contribution in [3.8, 4) is 5.75 Å². The van der Waals surface area contributed by atoms with Gasteiger partial charge in [0, 0.05) is 12.5 Å². The molecular formula is C18H25N3O2S. The molecule has 1 saturated carbocycles. The molecule has 3 N–H and O–H groups in total. The minimum Gasteiger partial charge on any atom is -0.480 e. The molecule has 1 aliphatic heterocycles. The zero-order valence-electron chi connectivity index (χ0n) is 14.2. The number of amides is 1. The summed E-state index contributed by atoms with van der Waals surface area (Å²) in [6.07, 6.45) is 3.68. The number of rotatable bonds is 2. The van der Waals surface area contributed by atoms with Crippen molar-refractivity contribution in [1.82, 2.24) is 16.2 Å². The summed E-state index contributed by atoms with van der Waals surface area (Å²) in [5.41, 5.74) is 6.53. The molecule has 5 nitrogen and oxygen atoms in total. The van der Waals surface area contributed by atoms with Crippen LogP contribution < -0.4 is 20.9 Å². The lowest BCUT2D eigenvalue weighted by Gasteiger charge is -2.35. The van der Waals surface area contributed by atoms with Gasteiger partial charge in [-0.05, 0) is 42.1 Å². The maximum Gasteiger partial charge on any atom is 0.279 e. The van der Waals surface area contributed by atoms with Gasteiger partial charge in [-0.15, -0.1) is 0 Å². The number of hydrazine groups is 1. The highest BCUT2D eigenvalue weighted by Crippen LogP contribution is 2.29. The lowest BCUT2D eigenvalue weighted by atomic mass is 9.78. The van der Waals surface area contributed by atoms with Crippen LogP contribution in [-0.4, -0.2) is 23.2 Å². The van der Waals surface area contributed by atoms with Gasteiger partial charge in [-0.3, -0.25) is 15.6 Å². The summed E-state index contributed by atoms with van der Waals surface area (Å²) in [7, 11) is 0. The third-order valence-corrected chi connectivity index (χ3v) is 5.48. The highest BCUT2D eigenvalue weighted by atomic mass is 32.1. The van der Waals surface area contributed by atoms with Crippen LogP contribution in [0.4, 0.5) is 0 Å². The van der Waals surface area contributed by atoms with Crippen molar-refractivity contribution in [2.75, 3.05) is 0 Å². The molecule has 0 radical (unpaired) electrons. The molecule has 0 unspecified atom stereocenters. The van der Waals surface area contributed by atoms with E-state index in [4.69, 9.17) is 17.0 Å². The van der Waals surface area contributed by atoms with E-state index in [0.717, 1.165) is 17.7 Å². The first-order chi connectivity index (χ1) is 11.5. The topological polar surface area (TPSA) is 62.4 Å². The molecule has 0 spiro atoms. The standard InChI is InChI=1S/C18H25N3O2S/c1-11-6-5-8-14(12(11)2)19-18(24)21-20-17(22)16-10-13-7-3-4-9-15(13)23-16/h3-4,7,9,11-12,14,16H,5-6,8,10H2,1-2H3,(H,20,22)(H2,19,21,24)/t11-,12+,14-,16-/m0/s1. The number of hydrogen-bond acceptors (Lipinski definition) is 3.